The maximum atomic E-state index is 5.71. The van der Waals surface area contributed by atoms with Gasteiger partial charge in [-0.2, -0.15) is 0 Å². The predicted octanol–water partition coefficient (Wildman–Crippen LogP) is 3.37. The van der Waals surface area contributed by atoms with Gasteiger partial charge in [0, 0.05) is 31.9 Å². The molecule has 22 heavy (non-hydrogen) atoms. The van der Waals surface area contributed by atoms with Gasteiger partial charge in [-0.1, -0.05) is 12.1 Å². The maximum absolute atomic E-state index is 5.71. The molecule has 1 aromatic heterocycles. The summed E-state index contributed by atoms with van der Waals surface area (Å²) in [4.78, 5) is 4.77. The predicted molar refractivity (Wildman–Crippen MR) is 93.1 cm³/mol. The molecule has 0 saturated heterocycles. The fourth-order valence-electron chi connectivity index (χ4n) is 2.76. The van der Waals surface area contributed by atoms with Crippen molar-refractivity contribution in [2.45, 2.75) is 19.3 Å². The lowest BCUT2D eigenvalue weighted by Crippen LogP contribution is -1.99. The van der Waals surface area contributed by atoms with Crippen LogP contribution in [0.25, 0.3) is 11.0 Å². The minimum atomic E-state index is 0.819. The summed E-state index contributed by atoms with van der Waals surface area (Å²) in [6.07, 6.45) is 3.11. The minimum Gasteiger partial charge on any atom is -0.399 e. The Morgan fingerprint density at radius 2 is 1.86 bits per heavy atom. The van der Waals surface area contributed by atoms with Gasteiger partial charge in [-0.05, 0) is 48.7 Å². The van der Waals surface area contributed by atoms with E-state index < -0.39 is 0 Å². The number of anilines is 2. The van der Waals surface area contributed by atoms with Gasteiger partial charge in [0.05, 0.1) is 11.0 Å². The van der Waals surface area contributed by atoms with Gasteiger partial charge < -0.3 is 15.6 Å². The van der Waals surface area contributed by atoms with Crippen molar-refractivity contribution in [2.24, 2.45) is 7.05 Å². The van der Waals surface area contributed by atoms with Crippen LogP contribution < -0.4 is 11.1 Å². The molecule has 2 aromatic carbocycles. The number of hydrogen-bond donors (Lipinski definition) is 2. The van der Waals surface area contributed by atoms with Crippen molar-refractivity contribution in [3.8, 4) is 0 Å². The van der Waals surface area contributed by atoms with Gasteiger partial charge in [0.2, 0.25) is 0 Å². The van der Waals surface area contributed by atoms with Gasteiger partial charge in [0.1, 0.15) is 5.82 Å². The molecule has 4 heteroatoms. The first-order chi connectivity index (χ1) is 10.7. The molecule has 0 spiro atoms. The third kappa shape index (κ3) is 2.91. The molecule has 0 aliphatic carbocycles. The van der Waals surface area contributed by atoms with Gasteiger partial charge >= 0.3 is 0 Å². The first kappa shape index (κ1) is 14.4. The molecule has 0 atom stereocenters. The normalized spacial score (nSPS) is 11.0. The number of nitrogens with two attached hydrogens (primary N) is 1. The van der Waals surface area contributed by atoms with E-state index in [1.165, 1.54) is 11.1 Å². The first-order valence-corrected chi connectivity index (χ1v) is 7.65. The van der Waals surface area contributed by atoms with Crippen molar-refractivity contribution < 1.29 is 0 Å². The van der Waals surface area contributed by atoms with Crippen LogP contribution in [0.2, 0.25) is 0 Å². The molecule has 114 valence electrons. The largest absolute Gasteiger partial charge is 0.399 e. The average molecular weight is 294 g/mol. The van der Waals surface area contributed by atoms with Crippen LogP contribution in [0.15, 0.2) is 42.5 Å². The molecule has 3 N–H and O–H groups in total. The Balaban J connectivity index is 1.71. The Labute approximate surface area is 131 Å². The highest BCUT2D eigenvalue weighted by atomic mass is 15.1. The summed E-state index contributed by atoms with van der Waals surface area (Å²) in [6, 6.07) is 14.4. The molecule has 0 fully saturated rings. The van der Waals surface area contributed by atoms with E-state index in [2.05, 4.69) is 47.3 Å². The lowest BCUT2D eigenvalue weighted by atomic mass is 10.1. The van der Waals surface area contributed by atoms with Gasteiger partial charge in [-0.3, -0.25) is 0 Å². The van der Waals surface area contributed by atoms with E-state index in [1.54, 1.807) is 0 Å². The number of imidazole rings is 1. The Morgan fingerprint density at radius 1 is 1.09 bits per heavy atom. The minimum absolute atomic E-state index is 0.819. The first-order valence-electron chi connectivity index (χ1n) is 7.65. The fourth-order valence-corrected chi connectivity index (χ4v) is 2.76. The SMILES string of the molecule is CNc1ccc2c(c1)nc(CCCc1ccc(N)cc1)n2C. The number of aromatic nitrogens is 2. The van der Waals surface area contributed by atoms with E-state index in [1.807, 2.05) is 19.2 Å². The Hall–Kier alpha value is -2.49. The average Bonchev–Trinajstić information content (AvgIpc) is 2.85. The second kappa shape index (κ2) is 6.10. The number of nitrogens with one attached hydrogen (secondary N) is 1. The summed E-state index contributed by atoms with van der Waals surface area (Å²) in [5.41, 5.74) is 11.2. The molecule has 0 unspecified atom stereocenters. The van der Waals surface area contributed by atoms with Gasteiger partial charge in [0.15, 0.2) is 0 Å². The van der Waals surface area contributed by atoms with E-state index in [0.29, 0.717) is 0 Å². The van der Waals surface area contributed by atoms with Crippen molar-refractivity contribution in [3.63, 3.8) is 0 Å². The Bertz CT molecular complexity index is 772. The van der Waals surface area contributed by atoms with Gasteiger partial charge in [-0.15, -0.1) is 0 Å². The van der Waals surface area contributed by atoms with Crippen molar-refractivity contribution >= 4 is 22.4 Å². The molecule has 0 saturated carbocycles. The number of nitrogens with zero attached hydrogens (tertiary/aromatic N) is 2. The van der Waals surface area contributed by atoms with Gasteiger partial charge in [0.25, 0.3) is 0 Å². The quantitative estimate of drug-likeness (QED) is 0.709. The highest BCUT2D eigenvalue weighted by Crippen LogP contribution is 2.20. The summed E-state index contributed by atoms with van der Waals surface area (Å²) in [6.45, 7) is 0. The second-order valence-corrected chi connectivity index (χ2v) is 5.64. The molecule has 0 aliphatic rings. The second-order valence-electron chi connectivity index (χ2n) is 5.64. The fraction of sp³-hybridized carbons (Fsp3) is 0.278. The van der Waals surface area contributed by atoms with Crippen LogP contribution in [0, 0.1) is 0 Å². The highest BCUT2D eigenvalue weighted by molar-refractivity contribution is 5.80. The Kier molecular flexibility index (Phi) is 4.00. The number of fused-ring (bicyclic) bond motifs is 1. The van der Waals surface area contributed by atoms with E-state index in [4.69, 9.17) is 10.7 Å². The van der Waals surface area contributed by atoms with E-state index in [-0.39, 0.29) is 0 Å². The molecule has 4 nitrogen and oxygen atoms in total. The van der Waals surface area contributed by atoms with E-state index in [0.717, 1.165) is 42.0 Å². The topological polar surface area (TPSA) is 55.9 Å². The molecule has 3 rings (SSSR count). The monoisotopic (exact) mass is 294 g/mol. The standard InChI is InChI=1S/C18H22N4/c1-20-15-10-11-17-16(12-15)21-18(22(17)2)5-3-4-13-6-8-14(19)9-7-13/h6-12,20H,3-5,19H2,1-2H3. The molecular formula is C18H22N4. The van der Waals surface area contributed by atoms with Gasteiger partial charge in [-0.25, -0.2) is 4.98 Å². The third-order valence-corrected chi connectivity index (χ3v) is 4.11. The van der Waals surface area contributed by atoms with Crippen LogP contribution in [-0.4, -0.2) is 16.6 Å². The van der Waals surface area contributed by atoms with Crippen molar-refractivity contribution in [3.05, 3.63) is 53.9 Å². The molecule has 0 bridgehead atoms. The maximum Gasteiger partial charge on any atom is 0.109 e. The summed E-state index contributed by atoms with van der Waals surface area (Å²) in [7, 11) is 4.02. The molecule has 0 amide bonds. The molecular weight excluding hydrogens is 272 g/mol. The molecule has 0 radical (unpaired) electrons. The number of benzene rings is 2. The third-order valence-electron chi connectivity index (χ3n) is 4.11. The molecule has 0 aliphatic heterocycles. The van der Waals surface area contributed by atoms with Crippen LogP contribution in [0.5, 0.6) is 0 Å². The zero-order valence-electron chi connectivity index (χ0n) is 13.1. The van der Waals surface area contributed by atoms with Crippen molar-refractivity contribution in [1.82, 2.24) is 9.55 Å². The highest BCUT2D eigenvalue weighted by Gasteiger charge is 2.08. The number of rotatable bonds is 5. The molecule has 1 heterocycles. The van der Waals surface area contributed by atoms with Crippen molar-refractivity contribution in [1.29, 1.82) is 0 Å². The van der Waals surface area contributed by atoms with E-state index >= 15 is 0 Å². The zero-order valence-corrected chi connectivity index (χ0v) is 13.1. The van der Waals surface area contributed by atoms with Crippen LogP contribution >= 0.6 is 0 Å². The van der Waals surface area contributed by atoms with Crippen LogP contribution in [0.3, 0.4) is 0 Å². The van der Waals surface area contributed by atoms with Crippen LogP contribution in [0.1, 0.15) is 17.8 Å². The number of hydrogen-bond acceptors (Lipinski definition) is 3. The lowest BCUT2D eigenvalue weighted by Gasteiger charge is -2.04. The number of aryl methyl sites for hydroxylation is 3. The Morgan fingerprint density at radius 3 is 2.59 bits per heavy atom. The zero-order chi connectivity index (χ0) is 15.5. The van der Waals surface area contributed by atoms with Crippen molar-refractivity contribution in [2.75, 3.05) is 18.1 Å². The van der Waals surface area contributed by atoms with E-state index in [9.17, 15) is 0 Å². The summed E-state index contributed by atoms with van der Waals surface area (Å²) >= 11 is 0. The smallest absolute Gasteiger partial charge is 0.109 e. The van der Waals surface area contributed by atoms with Crippen LogP contribution in [-0.2, 0) is 19.9 Å². The summed E-state index contributed by atoms with van der Waals surface area (Å²) < 4.78 is 2.19. The summed E-state index contributed by atoms with van der Waals surface area (Å²) in [5.74, 6) is 1.14. The van der Waals surface area contributed by atoms with Crippen LogP contribution in [0.4, 0.5) is 11.4 Å². The lowest BCUT2D eigenvalue weighted by molar-refractivity contribution is 0.733. The molecule has 3 aromatic rings. The number of nitrogen functional groups attached to an aromatic ring is 1. The summed E-state index contributed by atoms with van der Waals surface area (Å²) in [5, 5.41) is 3.16.